The predicted molar refractivity (Wildman–Crippen MR) is 101 cm³/mol. The van der Waals surface area contributed by atoms with Crippen LogP contribution < -0.4 is 10.2 Å². The Kier molecular flexibility index (Phi) is 4.35. The van der Waals surface area contributed by atoms with Crippen molar-refractivity contribution in [1.82, 2.24) is 20.1 Å². The van der Waals surface area contributed by atoms with E-state index in [2.05, 4.69) is 15.3 Å². The van der Waals surface area contributed by atoms with Gasteiger partial charge in [-0.25, -0.2) is 4.98 Å². The highest BCUT2D eigenvalue weighted by Gasteiger charge is 2.23. The van der Waals surface area contributed by atoms with Crippen LogP contribution in [0.3, 0.4) is 0 Å². The van der Waals surface area contributed by atoms with Gasteiger partial charge in [-0.2, -0.15) is 5.10 Å². The van der Waals surface area contributed by atoms with Crippen molar-refractivity contribution >= 4 is 44.2 Å². The molecule has 1 saturated heterocycles. The van der Waals surface area contributed by atoms with E-state index in [1.54, 1.807) is 35.5 Å². The molecule has 25 heavy (non-hydrogen) atoms. The Morgan fingerprint density at radius 2 is 2.16 bits per heavy atom. The largest absolute Gasteiger partial charge is 0.349 e. The van der Waals surface area contributed by atoms with Crippen LogP contribution in [0.2, 0.25) is 5.02 Å². The molecule has 3 aromatic rings. The van der Waals surface area contributed by atoms with Gasteiger partial charge in [-0.05, 0) is 31.0 Å². The van der Waals surface area contributed by atoms with Crippen LogP contribution in [0.1, 0.15) is 23.2 Å². The smallest absolute Gasteiger partial charge is 0.254 e. The number of fused-ring (bicyclic) bond motifs is 1. The number of amides is 1. The highest BCUT2D eigenvalue weighted by Crippen LogP contribution is 2.32. The second-order valence-corrected chi connectivity index (χ2v) is 7.69. The summed E-state index contributed by atoms with van der Waals surface area (Å²) in [6.07, 6.45) is 5.14. The Balaban J connectivity index is 1.38. The summed E-state index contributed by atoms with van der Waals surface area (Å²) in [6, 6.07) is 5.97. The van der Waals surface area contributed by atoms with Crippen molar-refractivity contribution in [3.05, 3.63) is 41.2 Å². The Labute approximate surface area is 154 Å². The van der Waals surface area contributed by atoms with Gasteiger partial charge in [0, 0.05) is 37.4 Å². The van der Waals surface area contributed by atoms with E-state index in [9.17, 15) is 4.79 Å². The lowest BCUT2D eigenvalue weighted by Gasteiger charge is -2.32. The molecule has 3 heterocycles. The molecule has 0 radical (unpaired) electrons. The Morgan fingerprint density at radius 1 is 1.36 bits per heavy atom. The van der Waals surface area contributed by atoms with Crippen molar-refractivity contribution in [3.8, 4) is 0 Å². The number of hydrogen-bond acceptors (Lipinski definition) is 5. The molecule has 2 aromatic heterocycles. The molecule has 1 aliphatic heterocycles. The third kappa shape index (κ3) is 3.48. The quantitative estimate of drug-likeness (QED) is 0.764. The molecule has 0 bridgehead atoms. The number of carbonyl (C=O) groups excluding carboxylic acids is 1. The Hall–Kier alpha value is -2.12. The van der Waals surface area contributed by atoms with E-state index in [0.717, 1.165) is 46.3 Å². The molecule has 0 aliphatic carbocycles. The minimum absolute atomic E-state index is 0.0545. The molecular formula is C17H18ClN5OS. The first-order valence-corrected chi connectivity index (χ1v) is 9.38. The lowest BCUT2D eigenvalue weighted by atomic mass is 10.1. The zero-order valence-corrected chi connectivity index (χ0v) is 15.3. The molecule has 0 unspecified atom stereocenters. The molecular weight excluding hydrogens is 358 g/mol. The van der Waals surface area contributed by atoms with Gasteiger partial charge in [0.15, 0.2) is 5.13 Å². The first-order valence-electron chi connectivity index (χ1n) is 8.19. The van der Waals surface area contributed by atoms with E-state index in [0.29, 0.717) is 5.56 Å². The topological polar surface area (TPSA) is 63.1 Å². The van der Waals surface area contributed by atoms with Crippen LogP contribution in [0.25, 0.3) is 10.2 Å². The van der Waals surface area contributed by atoms with E-state index in [1.807, 2.05) is 18.2 Å². The van der Waals surface area contributed by atoms with Crippen LogP contribution in [0.5, 0.6) is 0 Å². The minimum atomic E-state index is -0.0545. The zero-order chi connectivity index (χ0) is 17.4. The number of benzene rings is 1. The van der Waals surface area contributed by atoms with E-state index in [-0.39, 0.29) is 11.9 Å². The predicted octanol–water partition coefficient (Wildman–Crippen LogP) is 3.08. The van der Waals surface area contributed by atoms with Gasteiger partial charge in [0.2, 0.25) is 0 Å². The molecule has 6 nitrogen and oxygen atoms in total. The summed E-state index contributed by atoms with van der Waals surface area (Å²) in [4.78, 5) is 19.2. The number of thiazole rings is 1. The summed E-state index contributed by atoms with van der Waals surface area (Å²) in [5, 5.41) is 8.90. The van der Waals surface area contributed by atoms with Crippen LogP contribution in [0.15, 0.2) is 30.6 Å². The number of aryl methyl sites for hydroxylation is 1. The average molecular weight is 376 g/mol. The van der Waals surface area contributed by atoms with E-state index in [1.165, 1.54) is 0 Å². The normalized spacial score (nSPS) is 15.7. The zero-order valence-electron chi connectivity index (χ0n) is 13.8. The molecule has 1 aliphatic rings. The summed E-state index contributed by atoms with van der Waals surface area (Å²) in [5.41, 5.74) is 1.59. The highest BCUT2D eigenvalue weighted by molar-refractivity contribution is 7.22. The van der Waals surface area contributed by atoms with Gasteiger partial charge in [0.1, 0.15) is 0 Å². The average Bonchev–Trinajstić information content (AvgIpc) is 3.21. The molecule has 8 heteroatoms. The van der Waals surface area contributed by atoms with Crippen LogP contribution in [0, 0.1) is 0 Å². The number of carbonyl (C=O) groups is 1. The third-order valence-electron chi connectivity index (χ3n) is 4.41. The number of rotatable bonds is 3. The van der Waals surface area contributed by atoms with E-state index in [4.69, 9.17) is 16.6 Å². The minimum Gasteiger partial charge on any atom is -0.349 e. The highest BCUT2D eigenvalue weighted by atomic mass is 35.5. The maximum atomic E-state index is 12.2. The van der Waals surface area contributed by atoms with Crippen molar-refractivity contribution in [2.45, 2.75) is 18.9 Å². The number of nitrogens with one attached hydrogen (secondary N) is 1. The summed E-state index contributed by atoms with van der Waals surface area (Å²) >= 11 is 7.72. The van der Waals surface area contributed by atoms with Gasteiger partial charge in [0.05, 0.1) is 22.0 Å². The summed E-state index contributed by atoms with van der Waals surface area (Å²) in [7, 11) is 1.81. The van der Waals surface area contributed by atoms with E-state index >= 15 is 0 Å². The lowest BCUT2D eigenvalue weighted by molar-refractivity contribution is 0.0931. The van der Waals surface area contributed by atoms with Crippen LogP contribution >= 0.6 is 22.9 Å². The van der Waals surface area contributed by atoms with Crippen LogP contribution in [0.4, 0.5) is 5.13 Å². The molecule has 4 rings (SSSR count). The fraction of sp³-hybridized carbons (Fsp3) is 0.353. The standard InChI is InChI=1S/C17H18ClN5OS/c1-22-10-11(9-19-22)16(24)20-13-4-6-23(7-5-13)17-21-14-3-2-12(18)8-15(14)25-17/h2-3,8-10,13H,4-7H2,1H3,(H,20,24). The first kappa shape index (κ1) is 16.4. The van der Waals surface area contributed by atoms with Gasteiger partial charge < -0.3 is 10.2 Å². The fourth-order valence-electron chi connectivity index (χ4n) is 3.04. The monoisotopic (exact) mass is 375 g/mol. The second kappa shape index (κ2) is 6.65. The first-order chi connectivity index (χ1) is 12.1. The van der Waals surface area contributed by atoms with E-state index < -0.39 is 0 Å². The fourth-order valence-corrected chi connectivity index (χ4v) is 4.34. The summed E-state index contributed by atoms with van der Waals surface area (Å²) < 4.78 is 2.74. The molecule has 1 aromatic carbocycles. The van der Waals surface area contributed by atoms with Gasteiger partial charge >= 0.3 is 0 Å². The molecule has 1 amide bonds. The van der Waals surface area contributed by atoms with Gasteiger partial charge in [-0.15, -0.1) is 0 Å². The Bertz CT molecular complexity index is 913. The molecule has 1 N–H and O–H groups in total. The number of halogens is 1. The van der Waals surface area contributed by atoms with Crippen LogP contribution in [-0.4, -0.2) is 39.8 Å². The van der Waals surface area contributed by atoms with Crippen molar-refractivity contribution in [2.75, 3.05) is 18.0 Å². The van der Waals surface area contributed by atoms with Crippen molar-refractivity contribution < 1.29 is 4.79 Å². The lowest BCUT2D eigenvalue weighted by Crippen LogP contribution is -2.44. The van der Waals surface area contributed by atoms with Crippen LogP contribution in [-0.2, 0) is 7.05 Å². The Morgan fingerprint density at radius 3 is 2.88 bits per heavy atom. The third-order valence-corrected chi connectivity index (χ3v) is 5.72. The number of anilines is 1. The molecule has 130 valence electrons. The van der Waals surface area contributed by atoms with Gasteiger partial charge in [0.25, 0.3) is 5.91 Å². The summed E-state index contributed by atoms with van der Waals surface area (Å²) in [6.45, 7) is 1.76. The summed E-state index contributed by atoms with van der Waals surface area (Å²) in [5.74, 6) is -0.0545. The van der Waals surface area contributed by atoms with Gasteiger partial charge in [-0.3, -0.25) is 9.48 Å². The van der Waals surface area contributed by atoms with Crippen molar-refractivity contribution in [3.63, 3.8) is 0 Å². The van der Waals surface area contributed by atoms with Gasteiger partial charge in [-0.1, -0.05) is 22.9 Å². The number of aromatic nitrogens is 3. The maximum absolute atomic E-state index is 12.2. The van der Waals surface area contributed by atoms with Crippen molar-refractivity contribution in [1.29, 1.82) is 0 Å². The SMILES string of the molecule is Cn1cc(C(=O)NC2CCN(c3nc4ccc(Cl)cc4s3)CC2)cn1. The number of nitrogens with zero attached hydrogens (tertiary/aromatic N) is 4. The second-order valence-electron chi connectivity index (χ2n) is 6.25. The maximum Gasteiger partial charge on any atom is 0.254 e. The molecule has 1 fully saturated rings. The van der Waals surface area contributed by atoms with Crippen molar-refractivity contribution in [2.24, 2.45) is 7.05 Å². The number of piperidine rings is 1. The number of hydrogen-bond donors (Lipinski definition) is 1. The molecule has 0 atom stereocenters. The molecule has 0 spiro atoms. The molecule has 0 saturated carbocycles.